The van der Waals surface area contributed by atoms with E-state index < -0.39 is 0 Å². The fraction of sp³-hybridized carbons (Fsp3) is 0.368. The molecular formula is C19H22N2O3. The highest BCUT2D eigenvalue weighted by molar-refractivity contribution is 5.91. The van der Waals surface area contributed by atoms with Gasteiger partial charge in [-0.2, -0.15) is 0 Å². The van der Waals surface area contributed by atoms with Crippen molar-refractivity contribution in [1.82, 2.24) is 10.6 Å². The van der Waals surface area contributed by atoms with Gasteiger partial charge < -0.3 is 15.1 Å². The zero-order chi connectivity index (χ0) is 16.8. The van der Waals surface area contributed by atoms with Gasteiger partial charge in [-0.1, -0.05) is 24.3 Å². The highest BCUT2D eigenvalue weighted by atomic mass is 16.3. The van der Waals surface area contributed by atoms with Crippen molar-refractivity contribution in [2.75, 3.05) is 13.1 Å². The second-order valence-electron chi connectivity index (χ2n) is 6.08. The molecule has 0 fully saturated rings. The molecule has 1 unspecified atom stereocenters. The Bertz CT molecular complexity index is 694. The van der Waals surface area contributed by atoms with E-state index in [-0.39, 0.29) is 24.0 Å². The van der Waals surface area contributed by atoms with Crippen molar-refractivity contribution < 1.29 is 14.0 Å². The highest BCUT2D eigenvalue weighted by Gasteiger charge is 2.20. The lowest BCUT2D eigenvalue weighted by Gasteiger charge is -2.25. The normalized spacial score (nSPS) is 16.2. The van der Waals surface area contributed by atoms with Crippen molar-refractivity contribution in [3.63, 3.8) is 0 Å². The molecule has 1 aliphatic carbocycles. The van der Waals surface area contributed by atoms with Gasteiger partial charge in [0.1, 0.15) is 0 Å². The Morgan fingerprint density at radius 3 is 2.83 bits per heavy atom. The first kappa shape index (κ1) is 16.3. The predicted molar refractivity (Wildman–Crippen MR) is 90.8 cm³/mol. The van der Waals surface area contributed by atoms with Crippen molar-refractivity contribution in [3.8, 4) is 0 Å². The summed E-state index contributed by atoms with van der Waals surface area (Å²) in [6, 6.07) is 11.7. The summed E-state index contributed by atoms with van der Waals surface area (Å²) in [5, 5.41) is 5.66. The molecule has 5 heteroatoms. The highest BCUT2D eigenvalue weighted by Crippen LogP contribution is 2.30. The van der Waals surface area contributed by atoms with E-state index in [0.29, 0.717) is 19.0 Å². The Balaban J connectivity index is 1.41. The van der Waals surface area contributed by atoms with Gasteiger partial charge in [-0.3, -0.25) is 9.59 Å². The number of rotatable bonds is 6. The number of fused-ring (bicyclic) bond motifs is 1. The third-order valence-electron chi connectivity index (χ3n) is 4.42. The maximum atomic E-state index is 12.0. The number of carbonyl (C=O) groups excluding carboxylic acids is 2. The lowest BCUT2D eigenvalue weighted by atomic mass is 9.83. The molecule has 1 aliphatic rings. The van der Waals surface area contributed by atoms with E-state index in [9.17, 15) is 9.59 Å². The number of hydrogen-bond acceptors (Lipinski definition) is 3. The summed E-state index contributed by atoms with van der Waals surface area (Å²) in [7, 11) is 0. The number of benzene rings is 1. The largest absolute Gasteiger partial charge is 0.459 e. The van der Waals surface area contributed by atoms with Gasteiger partial charge in [-0.05, 0) is 42.5 Å². The van der Waals surface area contributed by atoms with Crippen molar-refractivity contribution >= 4 is 11.8 Å². The van der Waals surface area contributed by atoms with E-state index in [1.165, 1.54) is 17.4 Å². The molecule has 2 aromatic rings. The van der Waals surface area contributed by atoms with E-state index in [1.54, 1.807) is 12.1 Å². The zero-order valence-corrected chi connectivity index (χ0v) is 13.6. The van der Waals surface area contributed by atoms with E-state index in [1.807, 2.05) is 0 Å². The van der Waals surface area contributed by atoms with Crippen LogP contribution in [0.25, 0.3) is 0 Å². The summed E-state index contributed by atoms with van der Waals surface area (Å²) in [4.78, 5) is 23.7. The summed E-state index contributed by atoms with van der Waals surface area (Å²) in [6.45, 7) is 0.953. The molecule has 3 rings (SSSR count). The molecule has 0 saturated carbocycles. The van der Waals surface area contributed by atoms with E-state index in [2.05, 4.69) is 34.9 Å². The SMILES string of the molecule is O=C(CCNC(=O)c1ccco1)NCC1CCCc2ccccc21. The van der Waals surface area contributed by atoms with Gasteiger partial charge in [0.2, 0.25) is 5.91 Å². The van der Waals surface area contributed by atoms with Gasteiger partial charge in [0.15, 0.2) is 5.76 Å². The maximum absolute atomic E-state index is 12.0. The average Bonchev–Trinajstić information content (AvgIpc) is 3.14. The second-order valence-corrected chi connectivity index (χ2v) is 6.08. The van der Waals surface area contributed by atoms with Gasteiger partial charge in [0, 0.05) is 25.4 Å². The molecule has 0 radical (unpaired) electrons. The van der Waals surface area contributed by atoms with Crippen LogP contribution in [0.3, 0.4) is 0 Å². The van der Waals surface area contributed by atoms with Crippen LogP contribution in [0.5, 0.6) is 0 Å². The van der Waals surface area contributed by atoms with Crippen LogP contribution in [-0.4, -0.2) is 24.9 Å². The number of furan rings is 1. The first-order valence-corrected chi connectivity index (χ1v) is 8.40. The Labute approximate surface area is 141 Å². The van der Waals surface area contributed by atoms with Crippen LogP contribution in [0.1, 0.15) is 46.9 Å². The third-order valence-corrected chi connectivity index (χ3v) is 4.42. The smallest absolute Gasteiger partial charge is 0.286 e. The topological polar surface area (TPSA) is 71.3 Å². The molecule has 0 spiro atoms. The molecule has 1 aromatic carbocycles. The summed E-state index contributed by atoms with van der Waals surface area (Å²) in [5.41, 5.74) is 2.75. The zero-order valence-electron chi connectivity index (χ0n) is 13.6. The lowest BCUT2D eigenvalue weighted by molar-refractivity contribution is -0.121. The van der Waals surface area contributed by atoms with Crippen LogP contribution in [0.15, 0.2) is 47.1 Å². The number of hydrogen-bond donors (Lipinski definition) is 2. The minimum Gasteiger partial charge on any atom is -0.459 e. The molecule has 0 aliphatic heterocycles. The first-order valence-electron chi connectivity index (χ1n) is 8.40. The van der Waals surface area contributed by atoms with Gasteiger partial charge >= 0.3 is 0 Å². The molecule has 126 valence electrons. The minimum absolute atomic E-state index is 0.0437. The third kappa shape index (κ3) is 4.04. The maximum Gasteiger partial charge on any atom is 0.286 e. The fourth-order valence-corrected chi connectivity index (χ4v) is 3.18. The van der Waals surface area contributed by atoms with Crippen LogP contribution in [0.4, 0.5) is 0 Å². The first-order chi connectivity index (χ1) is 11.7. The van der Waals surface area contributed by atoms with Crippen molar-refractivity contribution in [1.29, 1.82) is 0 Å². The van der Waals surface area contributed by atoms with Gasteiger partial charge in [0.25, 0.3) is 5.91 Å². The van der Waals surface area contributed by atoms with Crippen LogP contribution >= 0.6 is 0 Å². The summed E-state index contributed by atoms with van der Waals surface area (Å²) in [5.74, 6) is 0.303. The molecule has 0 saturated heterocycles. The fourth-order valence-electron chi connectivity index (χ4n) is 3.18. The molecule has 1 atom stereocenters. The molecular weight excluding hydrogens is 304 g/mol. The Morgan fingerprint density at radius 2 is 2.00 bits per heavy atom. The summed E-state index contributed by atoms with van der Waals surface area (Å²) >= 11 is 0. The molecule has 2 amide bonds. The number of amides is 2. The summed E-state index contributed by atoms with van der Waals surface area (Å²) < 4.78 is 5.00. The Morgan fingerprint density at radius 1 is 1.12 bits per heavy atom. The quantitative estimate of drug-likeness (QED) is 0.857. The average molecular weight is 326 g/mol. The lowest BCUT2D eigenvalue weighted by Crippen LogP contribution is -2.33. The number of nitrogens with one attached hydrogen (secondary N) is 2. The van der Waals surface area contributed by atoms with Crippen molar-refractivity contribution in [2.45, 2.75) is 31.6 Å². The molecule has 1 aromatic heterocycles. The van der Waals surface area contributed by atoms with Gasteiger partial charge in [0.05, 0.1) is 6.26 Å². The van der Waals surface area contributed by atoms with Gasteiger partial charge in [-0.15, -0.1) is 0 Å². The van der Waals surface area contributed by atoms with E-state index in [0.717, 1.165) is 19.3 Å². The van der Waals surface area contributed by atoms with Gasteiger partial charge in [-0.25, -0.2) is 0 Å². The molecule has 0 bridgehead atoms. The standard InChI is InChI=1S/C19H22N2O3/c22-18(10-11-20-19(23)17-9-4-12-24-17)21-13-15-7-3-6-14-5-1-2-8-16(14)15/h1-2,4-5,8-9,12,15H,3,6-7,10-11,13H2,(H,20,23)(H,21,22). The molecule has 2 N–H and O–H groups in total. The van der Waals surface area contributed by atoms with E-state index in [4.69, 9.17) is 4.42 Å². The molecule has 1 heterocycles. The van der Waals surface area contributed by atoms with Crippen LogP contribution in [-0.2, 0) is 11.2 Å². The van der Waals surface area contributed by atoms with E-state index >= 15 is 0 Å². The summed E-state index contributed by atoms with van der Waals surface area (Å²) in [6.07, 6.45) is 5.10. The number of aryl methyl sites for hydroxylation is 1. The molecule has 5 nitrogen and oxygen atoms in total. The second kappa shape index (κ2) is 7.81. The Hall–Kier alpha value is -2.56. The minimum atomic E-state index is -0.297. The van der Waals surface area contributed by atoms with Crippen LogP contribution in [0.2, 0.25) is 0 Å². The van der Waals surface area contributed by atoms with Crippen LogP contribution < -0.4 is 10.6 Å². The Kier molecular flexibility index (Phi) is 5.31. The number of carbonyl (C=O) groups is 2. The van der Waals surface area contributed by atoms with Crippen molar-refractivity contribution in [3.05, 3.63) is 59.5 Å². The van der Waals surface area contributed by atoms with Crippen LogP contribution in [0, 0.1) is 0 Å². The monoisotopic (exact) mass is 326 g/mol. The molecule has 24 heavy (non-hydrogen) atoms. The van der Waals surface area contributed by atoms with Crippen molar-refractivity contribution in [2.24, 2.45) is 0 Å². The predicted octanol–water partition coefficient (Wildman–Crippen LogP) is 2.64.